The van der Waals surface area contributed by atoms with Crippen LogP contribution in [0.5, 0.6) is 11.5 Å². The first-order valence-electron chi connectivity index (χ1n) is 10.1. The van der Waals surface area contributed by atoms with Crippen LogP contribution in [0.25, 0.3) is 0 Å². The summed E-state index contributed by atoms with van der Waals surface area (Å²) >= 11 is 0. The van der Waals surface area contributed by atoms with Crippen LogP contribution in [0.1, 0.15) is 47.1 Å². The standard InChI is InChI=1S/C22H28N2O6S/c1-4-29-19-12-11-16(15-20(19)30-5-2)21(25)17-9-7-8-10-18(17)22(26)23-13-14-24-31(27,28)6-3/h7-12,15,24H,4-6,13-14H2,1-3H3,(H,23,26). The van der Waals surface area contributed by atoms with E-state index >= 15 is 0 Å². The summed E-state index contributed by atoms with van der Waals surface area (Å²) in [4.78, 5) is 25.7. The number of nitrogens with one attached hydrogen (secondary N) is 2. The number of ether oxygens (including phenoxy) is 2. The van der Waals surface area contributed by atoms with E-state index in [2.05, 4.69) is 10.0 Å². The van der Waals surface area contributed by atoms with Gasteiger partial charge >= 0.3 is 0 Å². The molecule has 168 valence electrons. The van der Waals surface area contributed by atoms with Gasteiger partial charge in [0.15, 0.2) is 17.3 Å². The van der Waals surface area contributed by atoms with Gasteiger partial charge in [-0.05, 0) is 45.0 Å². The molecule has 0 fully saturated rings. The van der Waals surface area contributed by atoms with Crippen LogP contribution >= 0.6 is 0 Å². The molecule has 1 amide bonds. The minimum absolute atomic E-state index is 0.0376. The van der Waals surface area contributed by atoms with Gasteiger partial charge in [-0.3, -0.25) is 9.59 Å². The van der Waals surface area contributed by atoms with Gasteiger partial charge in [0.25, 0.3) is 5.91 Å². The highest BCUT2D eigenvalue weighted by Crippen LogP contribution is 2.29. The Kier molecular flexibility index (Phi) is 9.02. The summed E-state index contributed by atoms with van der Waals surface area (Å²) in [5.41, 5.74) is 0.807. The van der Waals surface area contributed by atoms with Gasteiger partial charge in [-0.15, -0.1) is 0 Å². The zero-order valence-electron chi connectivity index (χ0n) is 17.9. The van der Waals surface area contributed by atoms with Crippen molar-refractivity contribution in [1.82, 2.24) is 10.0 Å². The Hall–Kier alpha value is -2.91. The molecule has 0 aliphatic rings. The second kappa shape index (κ2) is 11.5. The predicted molar refractivity (Wildman–Crippen MR) is 118 cm³/mol. The van der Waals surface area contributed by atoms with Crippen molar-refractivity contribution in [2.45, 2.75) is 20.8 Å². The molecule has 0 heterocycles. The van der Waals surface area contributed by atoms with Gasteiger partial charge in [0, 0.05) is 24.2 Å². The molecule has 0 saturated heterocycles. The zero-order valence-corrected chi connectivity index (χ0v) is 18.8. The average Bonchev–Trinajstić information content (AvgIpc) is 2.77. The summed E-state index contributed by atoms with van der Waals surface area (Å²) in [6.07, 6.45) is 0. The molecule has 2 rings (SSSR count). The average molecular weight is 449 g/mol. The summed E-state index contributed by atoms with van der Waals surface area (Å²) < 4.78 is 36.4. The van der Waals surface area contributed by atoms with E-state index in [0.29, 0.717) is 30.3 Å². The van der Waals surface area contributed by atoms with Crippen LogP contribution in [-0.4, -0.2) is 52.2 Å². The SMILES string of the molecule is CCOc1ccc(C(=O)c2ccccc2C(=O)NCCNS(=O)(=O)CC)cc1OCC. The van der Waals surface area contributed by atoms with Gasteiger partial charge in [0.2, 0.25) is 10.0 Å². The van der Waals surface area contributed by atoms with Gasteiger partial charge in [-0.25, -0.2) is 13.1 Å². The fourth-order valence-corrected chi connectivity index (χ4v) is 3.42. The highest BCUT2D eigenvalue weighted by molar-refractivity contribution is 7.89. The first-order valence-corrected chi connectivity index (χ1v) is 11.8. The van der Waals surface area contributed by atoms with Gasteiger partial charge < -0.3 is 14.8 Å². The summed E-state index contributed by atoms with van der Waals surface area (Å²) in [6, 6.07) is 11.4. The lowest BCUT2D eigenvalue weighted by Gasteiger charge is -2.13. The number of hydrogen-bond donors (Lipinski definition) is 2. The maximum atomic E-state index is 13.1. The topological polar surface area (TPSA) is 111 Å². The van der Waals surface area contributed by atoms with Crippen LogP contribution in [-0.2, 0) is 10.0 Å². The molecule has 0 saturated carbocycles. The number of rotatable bonds is 12. The molecule has 0 spiro atoms. The Bertz CT molecular complexity index is 1020. The summed E-state index contributed by atoms with van der Waals surface area (Å²) in [5.74, 6) is 0.170. The van der Waals surface area contributed by atoms with Crippen molar-refractivity contribution in [3.63, 3.8) is 0 Å². The van der Waals surface area contributed by atoms with Crippen LogP contribution in [0.4, 0.5) is 0 Å². The molecule has 2 N–H and O–H groups in total. The maximum Gasteiger partial charge on any atom is 0.252 e. The molecular weight excluding hydrogens is 420 g/mol. The molecule has 31 heavy (non-hydrogen) atoms. The van der Waals surface area contributed by atoms with E-state index in [1.54, 1.807) is 42.5 Å². The highest BCUT2D eigenvalue weighted by atomic mass is 32.2. The molecule has 2 aromatic rings. The lowest BCUT2D eigenvalue weighted by atomic mass is 9.97. The third kappa shape index (κ3) is 6.80. The first kappa shape index (κ1) is 24.4. The summed E-state index contributed by atoms with van der Waals surface area (Å²) in [7, 11) is -3.33. The van der Waals surface area contributed by atoms with E-state index in [0.717, 1.165) is 0 Å². The van der Waals surface area contributed by atoms with Gasteiger partial charge in [0.05, 0.1) is 24.5 Å². The Labute approximate surface area is 183 Å². The number of hydrogen-bond acceptors (Lipinski definition) is 6. The van der Waals surface area contributed by atoms with Gasteiger partial charge in [0.1, 0.15) is 0 Å². The van der Waals surface area contributed by atoms with Crippen LogP contribution in [0, 0.1) is 0 Å². The molecule has 0 bridgehead atoms. The molecule has 0 aliphatic carbocycles. The van der Waals surface area contributed by atoms with Crippen molar-refractivity contribution in [1.29, 1.82) is 0 Å². The normalized spacial score (nSPS) is 11.1. The lowest BCUT2D eigenvalue weighted by Crippen LogP contribution is -2.35. The molecule has 0 atom stereocenters. The Morgan fingerprint density at radius 3 is 2.16 bits per heavy atom. The molecular formula is C22H28N2O6S. The highest BCUT2D eigenvalue weighted by Gasteiger charge is 2.19. The van der Waals surface area contributed by atoms with Crippen molar-refractivity contribution in [3.05, 3.63) is 59.2 Å². The van der Waals surface area contributed by atoms with Crippen molar-refractivity contribution in [2.75, 3.05) is 32.1 Å². The van der Waals surface area contributed by atoms with E-state index in [4.69, 9.17) is 9.47 Å². The maximum absolute atomic E-state index is 13.1. The van der Waals surface area contributed by atoms with Crippen LogP contribution < -0.4 is 19.5 Å². The molecule has 0 unspecified atom stereocenters. The number of amides is 1. The Morgan fingerprint density at radius 1 is 0.871 bits per heavy atom. The largest absolute Gasteiger partial charge is 0.490 e. The van der Waals surface area contributed by atoms with Crippen LogP contribution in [0.3, 0.4) is 0 Å². The van der Waals surface area contributed by atoms with Crippen molar-refractivity contribution < 1.29 is 27.5 Å². The minimum atomic E-state index is -3.33. The van der Waals surface area contributed by atoms with Gasteiger partial charge in [-0.1, -0.05) is 18.2 Å². The van der Waals surface area contributed by atoms with E-state index in [1.807, 2.05) is 13.8 Å². The van der Waals surface area contributed by atoms with E-state index in [-0.39, 0.29) is 35.8 Å². The van der Waals surface area contributed by atoms with Crippen molar-refractivity contribution in [2.24, 2.45) is 0 Å². The first-order chi connectivity index (χ1) is 14.8. The molecule has 0 aliphatic heterocycles. The molecule has 8 nitrogen and oxygen atoms in total. The molecule has 9 heteroatoms. The molecule has 0 radical (unpaired) electrons. The lowest BCUT2D eigenvalue weighted by molar-refractivity contribution is 0.0942. The smallest absolute Gasteiger partial charge is 0.252 e. The number of ketones is 1. The Morgan fingerprint density at radius 2 is 1.52 bits per heavy atom. The molecule has 0 aromatic heterocycles. The third-order valence-corrected chi connectivity index (χ3v) is 5.74. The fourth-order valence-electron chi connectivity index (χ4n) is 2.81. The van der Waals surface area contributed by atoms with Crippen LogP contribution in [0.2, 0.25) is 0 Å². The number of carbonyl (C=O) groups excluding carboxylic acids is 2. The number of benzene rings is 2. The van der Waals surface area contributed by atoms with E-state index in [9.17, 15) is 18.0 Å². The van der Waals surface area contributed by atoms with E-state index in [1.165, 1.54) is 6.92 Å². The van der Waals surface area contributed by atoms with Crippen molar-refractivity contribution in [3.8, 4) is 11.5 Å². The number of carbonyl (C=O) groups is 2. The summed E-state index contributed by atoms with van der Waals surface area (Å²) in [5, 5.41) is 2.64. The van der Waals surface area contributed by atoms with Crippen LogP contribution in [0.15, 0.2) is 42.5 Å². The number of sulfonamides is 1. The third-order valence-electron chi connectivity index (χ3n) is 4.33. The monoisotopic (exact) mass is 448 g/mol. The zero-order chi connectivity index (χ0) is 22.9. The molecule has 2 aromatic carbocycles. The minimum Gasteiger partial charge on any atom is -0.490 e. The van der Waals surface area contributed by atoms with Crippen molar-refractivity contribution >= 4 is 21.7 Å². The Balaban J connectivity index is 2.19. The van der Waals surface area contributed by atoms with Gasteiger partial charge in [-0.2, -0.15) is 0 Å². The second-order valence-electron chi connectivity index (χ2n) is 6.46. The van der Waals surface area contributed by atoms with E-state index < -0.39 is 15.9 Å². The summed E-state index contributed by atoms with van der Waals surface area (Å²) in [6.45, 7) is 6.26. The quantitative estimate of drug-likeness (QED) is 0.381. The fraction of sp³-hybridized carbons (Fsp3) is 0.364. The second-order valence-corrected chi connectivity index (χ2v) is 8.55. The predicted octanol–water partition coefficient (Wildman–Crippen LogP) is 2.38.